The number of carbonyl (C=O) groups is 1. The fourth-order valence-corrected chi connectivity index (χ4v) is 2.39. The molecule has 1 heterocycles. The molecule has 1 amide bonds. The van der Waals surface area contributed by atoms with Crippen molar-refractivity contribution in [2.24, 2.45) is 0 Å². The van der Waals surface area contributed by atoms with Crippen LogP contribution < -0.4 is 5.32 Å². The van der Waals surface area contributed by atoms with E-state index in [0.29, 0.717) is 25.1 Å². The van der Waals surface area contributed by atoms with Crippen LogP contribution in [0.4, 0.5) is 0 Å². The van der Waals surface area contributed by atoms with Crippen LogP contribution in [0.1, 0.15) is 16.8 Å². The van der Waals surface area contributed by atoms with Gasteiger partial charge in [0.2, 0.25) is 10.0 Å². The number of nitrogens with zero attached hydrogens (tertiary/aromatic N) is 3. The molecule has 0 aliphatic carbocycles. The Hall–Kier alpha value is -2.19. The molecule has 0 saturated carbocycles. The lowest BCUT2D eigenvalue weighted by Crippen LogP contribution is -2.30. The van der Waals surface area contributed by atoms with Crippen molar-refractivity contribution >= 4 is 15.9 Å². The smallest absolute Gasteiger partial charge is 0.254 e. The summed E-state index contributed by atoms with van der Waals surface area (Å²) in [5, 5.41) is 6.92. The zero-order valence-electron chi connectivity index (χ0n) is 13.1. The van der Waals surface area contributed by atoms with Gasteiger partial charge in [0.25, 0.3) is 5.91 Å². The molecule has 0 radical (unpaired) electrons. The molecular formula is C15H20N4O3S. The van der Waals surface area contributed by atoms with Gasteiger partial charge in [-0.05, 0) is 18.6 Å². The number of para-hydroxylation sites is 1. The number of benzene rings is 1. The maximum atomic E-state index is 12.0. The third kappa shape index (κ3) is 4.90. The van der Waals surface area contributed by atoms with Crippen molar-refractivity contribution in [2.75, 3.05) is 26.4 Å². The normalized spacial score (nSPS) is 11.6. The van der Waals surface area contributed by atoms with E-state index in [2.05, 4.69) is 10.4 Å². The topological polar surface area (TPSA) is 84.3 Å². The number of hydrogen-bond acceptors (Lipinski definition) is 4. The van der Waals surface area contributed by atoms with E-state index in [1.54, 1.807) is 10.9 Å². The minimum Gasteiger partial charge on any atom is -0.352 e. The summed E-state index contributed by atoms with van der Waals surface area (Å²) in [6.45, 7) is 0.762. The first kappa shape index (κ1) is 17.2. The molecule has 124 valence electrons. The quantitative estimate of drug-likeness (QED) is 0.761. The Morgan fingerprint density at radius 1 is 1.30 bits per heavy atom. The summed E-state index contributed by atoms with van der Waals surface area (Å²) >= 11 is 0. The Bertz CT molecular complexity index is 756. The van der Waals surface area contributed by atoms with Crippen LogP contribution in [0, 0.1) is 0 Å². The maximum absolute atomic E-state index is 12.0. The molecule has 2 aromatic rings. The van der Waals surface area contributed by atoms with Crippen LogP contribution in [0.25, 0.3) is 5.69 Å². The van der Waals surface area contributed by atoms with Gasteiger partial charge in [0, 0.05) is 26.3 Å². The number of sulfonamides is 1. The van der Waals surface area contributed by atoms with Crippen LogP contribution in [0.15, 0.2) is 42.7 Å². The highest BCUT2D eigenvalue weighted by Gasteiger charge is 2.11. The average Bonchev–Trinajstić information content (AvgIpc) is 3.01. The zero-order chi connectivity index (χ0) is 16.9. The Morgan fingerprint density at radius 3 is 2.65 bits per heavy atom. The summed E-state index contributed by atoms with van der Waals surface area (Å²) in [5.41, 5.74) is 1.34. The van der Waals surface area contributed by atoms with Gasteiger partial charge in [0.1, 0.15) is 0 Å². The second kappa shape index (κ2) is 7.38. The molecule has 1 aromatic heterocycles. The van der Waals surface area contributed by atoms with E-state index < -0.39 is 10.0 Å². The molecule has 1 aromatic carbocycles. The van der Waals surface area contributed by atoms with Gasteiger partial charge in [-0.15, -0.1) is 0 Å². The van der Waals surface area contributed by atoms with Crippen molar-refractivity contribution in [3.63, 3.8) is 0 Å². The predicted molar refractivity (Wildman–Crippen MR) is 88.0 cm³/mol. The molecule has 0 aliphatic heterocycles. The molecule has 1 N–H and O–H groups in total. The number of hydrogen-bond donors (Lipinski definition) is 1. The minimum atomic E-state index is -3.18. The van der Waals surface area contributed by atoms with Gasteiger partial charge in [-0.2, -0.15) is 5.10 Å². The van der Waals surface area contributed by atoms with Gasteiger partial charge in [-0.25, -0.2) is 17.4 Å². The van der Waals surface area contributed by atoms with E-state index >= 15 is 0 Å². The highest BCUT2D eigenvalue weighted by molar-refractivity contribution is 7.88. The second-order valence-corrected chi connectivity index (χ2v) is 7.29. The molecule has 0 aliphatic rings. The maximum Gasteiger partial charge on any atom is 0.254 e. The largest absolute Gasteiger partial charge is 0.352 e. The van der Waals surface area contributed by atoms with Crippen LogP contribution in [0.2, 0.25) is 0 Å². The first-order valence-electron chi connectivity index (χ1n) is 7.17. The van der Waals surface area contributed by atoms with Crippen molar-refractivity contribution in [1.82, 2.24) is 19.4 Å². The average molecular weight is 336 g/mol. The first-order valence-corrected chi connectivity index (χ1v) is 9.02. The van der Waals surface area contributed by atoms with Gasteiger partial charge >= 0.3 is 0 Å². The number of aromatic nitrogens is 2. The molecular weight excluding hydrogens is 316 g/mol. The third-order valence-corrected chi connectivity index (χ3v) is 4.68. The van der Waals surface area contributed by atoms with Gasteiger partial charge in [-0.1, -0.05) is 18.2 Å². The second-order valence-electron chi connectivity index (χ2n) is 5.20. The van der Waals surface area contributed by atoms with Crippen LogP contribution in [-0.4, -0.2) is 54.8 Å². The monoisotopic (exact) mass is 336 g/mol. The van der Waals surface area contributed by atoms with Crippen molar-refractivity contribution in [2.45, 2.75) is 6.42 Å². The SMILES string of the molecule is CN(CCCNC(=O)c1cnn(-c2ccccc2)c1)S(C)(=O)=O. The molecule has 0 unspecified atom stereocenters. The highest BCUT2D eigenvalue weighted by Crippen LogP contribution is 2.07. The molecule has 0 saturated heterocycles. The molecule has 2 rings (SSSR count). The van der Waals surface area contributed by atoms with E-state index in [9.17, 15) is 13.2 Å². The number of rotatable bonds is 7. The third-order valence-electron chi connectivity index (χ3n) is 3.37. The molecule has 0 atom stereocenters. The van der Waals surface area contributed by atoms with E-state index in [4.69, 9.17) is 0 Å². The molecule has 0 fully saturated rings. The van der Waals surface area contributed by atoms with Crippen LogP contribution in [0.5, 0.6) is 0 Å². The van der Waals surface area contributed by atoms with Crippen LogP contribution in [0.3, 0.4) is 0 Å². The summed E-state index contributed by atoms with van der Waals surface area (Å²) in [4.78, 5) is 12.0. The zero-order valence-corrected chi connectivity index (χ0v) is 14.0. The summed E-state index contributed by atoms with van der Waals surface area (Å²) in [5.74, 6) is -0.228. The van der Waals surface area contributed by atoms with E-state index in [0.717, 1.165) is 11.9 Å². The Kier molecular flexibility index (Phi) is 5.51. The summed E-state index contributed by atoms with van der Waals surface area (Å²) in [6.07, 6.45) is 4.87. The van der Waals surface area contributed by atoms with E-state index in [1.807, 2.05) is 30.3 Å². The fraction of sp³-hybridized carbons (Fsp3) is 0.333. The molecule has 23 heavy (non-hydrogen) atoms. The number of carbonyl (C=O) groups excluding carboxylic acids is 1. The van der Waals surface area contributed by atoms with Gasteiger partial charge in [0.05, 0.1) is 23.7 Å². The molecule has 8 heteroatoms. The van der Waals surface area contributed by atoms with Gasteiger partial charge in [-0.3, -0.25) is 4.79 Å². The standard InChI is InChI=1S/C15H20N4O3S/c1-18(23(2,21)22)10-6-9-16-15(20)13-11-17-19(12-13)14-7-4-3-5-8-14/h3-5,7-8,11-12H,6,9-10H2,1-2H3,(H,16,20). The van der Waals surface area contributed by atoms with Gasteiger partial charge < -0.3 is 5.32 Å². The predicted octanol–water partition coefficient (Wildman–Crippen LogP) is 0.884. The Labute approximate surface area is 136 Å². The van der Waals surface area contributed by atoms with Crippen LogP contribution >= 0.6 is 0 Å². The van der Waals surface area contributed by atoms with Crippen molar-refractivity contribution < 1.29 is 13.2 Å². The lowest BCUT2D eigenvalue weighted by atomic mass is 10.3. The summed E-state index contributed by atoms with van der Waals surface area (Å²) < 4.78 is 25.4. The first-order chi connectivity index (χ1) is 10.9. The van der Waals surface area contributed by atoms with Crippen molar-refractivity contribution in [3.05, 3.63) is 48.3 Å². The number of amides is 1. The number of nitrogens with one attached hydrogen (secondary N) is 1. The van der Waals surface area contributed by atoms with E-state index in [1.165, 1.54) is 17.5 Å². The lowest BCUT2D eigenvalue weighted by Gasteiger charge is -2.13. The molecule has 7 nitrogen and oxygen atoms in total. The molecule has 0 spiro atoms. The van der Waals surface area contributed by atoms with Crippen molar-refractivity contribution in [1.29, 1.82) is 0 Å². The Balaban J connectivity index is 1.84. The van der Waals surface area contributed by atoms with Crippen molar-refractivity contribution in [3.8, 4) is 5.69 Å². The highest BCUT2D eigenvalue weighted by atomic mass is 32.2. The fourth-order valence-electron chi connectivity index (χ4n) is 1.93. The van der Waals surface area contributed by atoms with E-state index in [-0.39, 0.29) is 5.91 Å². The Morgan fingerprint density at radius 2 is 2.00 bits per heavy atom. The summed E-state index contributed by atoms with van der Waals surface area (Å²) in [7, 11) is -1.66. The molecule has 0 bridgehead atoms. The van der Waals surface area contributed by atoms with Gasteiger partial charge in [0.15, 0.2) is 0 Å². The minimum absolute atomic E-state index is 0.228. The summed E-state index contributed by atoms with van der Waals surface area (Å²) in [6, 6.07) is 9.50. The van der Waals surface area contributed by atoms with Crippen LogP contribution in [-0.2, 0) is 10.0 Å². The lowest BCUT2D eigenvalue weighted by molar-refractivity contribution is 0.0953.